The third-order valence-electron chi connectivity index (χ3n) is 3.77. The maximum Gasteiger partial charge on any atom is 0.241 e. The topological polar surface area (TPSA) is 26.0 Å². The first-order valence-corrected chi connectivity index (χ1v) is 7.01. The molecule has 2 aromatic rings. The van der Waals surface area contributed by atoms with Crippen molar-refractivity contribution in [1.29, 1.82) is 0 Å². The molecule has 0 aliphatic heterocycles. The van der Waals surface area contributed by atoms with Gasteiger partial charge in [-0.3, -0.25) is 4.98 Å². The molecule has 0 saturated heterocycles. The van der Waals surface area contributed by atoms with E-state index in [2.05, 4.69) is 29.2 Å². The third kappa shape index (κ3) is 3.11. The number of aromatic nitrogens is 2. The molecule has 1 aromatic heterocycles. The average molecular weight is 255 g/mol. The molecule has 1 aliphatic rings. The second-order valence-corrected chi connectivity index (χ2v) is 5.10. The molecule has 0 N–H and O–H groups in total. The molecule has 19 heavy (non-hydrogen) atoms. The fourth-order valence-corrected chi connectivity index (χ4v) is 2.73. The fraction of sp³-hybridized carbons (Fsp3) is 0.375. The molecule has 0 atom stereocenters. The van der Waals surface area contributed by atoms with Crippen molar-refractivity contribution in [3.63, 3.8) is 0 Å². The van der Waals surface area contributed by atoms with Crippen molar-refractivity contribution in [3.8, 4) is 5.75 Å². The van der Waals surface area contributed by atoms with Crippen LogP contribution in [0.2, 0.25) is 0 Å². The monoisotopic (exact) mass is 255 g/mol. The first-order chi connectivity index (χ1) is 9.42. The molecule has 0 bridgehead atoms. The van der Waals surface area contributed by atoms with Gasteiger partial charge in [-0.1, -0.05) is 31.4 Å². The second-order valence-electron chi connectivity index (χ2n) is 5.10. The predicted octanol–water partition coefficient (Wildman–Crippen LogP) is 3.26. The summed E-state index contributed by atoms with van der Waals surface area (Å²) < 4.78 is 1.66. The van der Waals surface area contributed by atoms with Crippen molar-refractivity contribution in [1.82, 2.24) is 4.98 Å². The van der Waals surface area contributed by atoms with Gasteiger partial charge in [-0.05, 0) is 36.5 Å². The van der Waals surface area contributed by atoms with Crippen LogP contribution in [0.3, 0.4) is 0 Å². The van der Waals surface area contributed by atoms with Gasteiger partial charge in [0.05, 0.1) is 12.4 Å². The maximum absolute atomic E-state index is 5.70. The van der Waals surface area contributed by atoms with Crippen LogP contribution in [0.4, 0.5) is 0 Å². The third-order valence-corrected chi connectivity index (χ3v) is 3.77. The molecule has 0 spiro atoms. The summed E-state index contributed by atoms with van der Waals surface area (Å²) in [5.41, 5.74) is 1.45. The Hall–Kier alpha value is -1.90. The summed E-state index contributed by atoms with van der Waals surface area (Å²) in [7, 11) is 0. The van der Waals surface area contributed by atoms with E-state index in [4.69, 9.17) is 4.84 Å². The highest BCUT2D eigenvalue weighted by atomic mass is 16.7. The first kappa shape index (κ1) is 12.2. The number of hydrogen-bond donors (Lipinski definition) is 0. The lowest BCUT2D eigenvalue weighted by molar-refractivity contribution is -0.875. The summed E-state index contributed by atoms with van der Waals surface area (Å²) >= 11 is 0. The highest BCUT2D eigenvalue weighted by molar-refractivity contribution is 5.29. The molecule has 1 saturated carbocycles. The van der Waals surface area contributed by atoms with Crippen LogP contribution in [0.5, 0.6) is 5.75 Å². The Balaban J connectivity index is 1.68. The van der Waals surface area contributed by atoms with Crippen LogP contribution in [0.1, 0.15) is 43.6 Å². The van der Waals surface area contributed by atoms with Crippen LogP contribution < -0.4 is 9.57 Å². The largest absolute Gasteiger partial charge is 0.252 e. The maximum atomic E-state index is 5.70. The van der Waals surface area contributed by atoms with E-state index in [0.717, 1.165) is 11.7 Å². The lowest BCUT2D eigenvalue weighted by Gasteiger charge is -2.21. The van der Waals surface area contributed by atoms with Crippen LogP contribution in [-0.2, 0) is 0 Å². The summed E-state index contributed by atoms with van der Waals surface area (Å²) in [5, 5.41) is 0. The molecule has 1 aromatic carbocycles. The normalized spacial score (nSPS) is 16.2. The molecule has 1 fully saturated rings. The van der Waals surface area contributed by atoms with Crippen molar-refractivity contribution < 1.29 is 9.57 Å². The van der Waals surface area contributed by atoms with Crippen molar-refractivity contribution in [3.05, 3.63) is 54.6 Å². The van der Waals surface area contributed by atoms with Crippen LogP contribution in [-0.4, -0.2) is 4.98 Å². The summed E-state index contributed by atoms with van der Waals surface area (Å²) in [5.74, 6) is 1.60. The predicted molar refractivity (Wildman–Crippen MR) is 72.7 cm³/mol. The van der Waals surface area contributed by atoms with Gasteiger partial charge in [0.15, 0.2) is 0 Å². The fourth-order valence-electron chi connectivity index (χ4n) is 2.73. The molecule has 0 amide bonds. The average Bonchev–Trinajstić information content (AvgIpc) is 2.50. The van der Waals surface area contributed by atoms with Gasteiger partial charge in [0.25, 0.3) is 0 Å². The first-order valence-electron chi connectivity index (χ1n) is 7.01. The molecule has 0 unspecified atom stereocenters. The van der Waals surface area contributed by atoms with E-state index in [9.17, 15) is 0 Å². The van der Waals surface area contributed by atoms with E-state index in [1.807, 2.05) is 0 Å². The quantitative estimate of drug-likeness (QED) is 0.787. The van der Waals surface area contributed by atoms with Crippen LogP contribution in [0.15, 0.2) is 49.1 Å². The summed E-state index contributed by atoms with van der Waals surface area (Å²) in [6.07, 6.45) is 13.8. The smallest absolute Gasteiger partial charge is 0.241 e. The van der Waals surface area contributed by atoms with E-state index in [-0.39, 0.29) is 0 Å². The zero-order valence-corrected chi connectivity index (χ0v) is 11.0. The van der Waals surface area contributed by atoms with Gasteiger partial charge in [0.1, 0.15) is 0 Å². The van der Waals surface area contributed by atoms with Gasteiger partial charge in [0, 0.05) is 4.73 Å². The van der Waals surface area contributed by atoms with E-state index in [0.29, 0.717) is 0 Å². The van der Waals surface area contributed by atoms with Gasteiger partial charge in [0.2, 0.25) is 18.1 Å². The summed E-state index contributed by atoms with van der Waals surface area (Å²) in [4.78, 5) is 9.66. The van der Waals surface area contributed by atoms with Gasteiger partial charge in [-0.2, -0.15) is 0 Å². The zero-order valence-electron chi connectivity index (χ0n) is 11.0. The number of benzene rings is 1. The Labute approximate surface area is 113 Å². The molecule has 1 heterocycles. The van der Waals surface area contributed by atoms with Crippen molar-refractivity contribution >= 4 is 0 Å². The van der Waals surface area contributed by atoms with Crippen molar-refractivity contribution in [2.24, 2.45) is 0 Å². The number of nitrogens with zero attached hydrogens (tertiary/aromatic N) is 2. The van der Waals surface area contributed by atoms with Crippen molar-refractivity contribution in [2.45, 2.75) is 38.0 Å². The van der Waals surface area contributed by atoms with Crippen LogP contribution in [0, 0.1) is 0 Å². The van der Waals surface area contributed by atoms with Crippen LogP contribution >= 0.6 is 0 Å². The lowest BCUT2D eigenvalue weighted by Crippen LogP contribution is -2.38. The Morgan fingerprint density at radius 2 is 1.63 bits per heavy atom. The molecule has 0 radical (unpaired) electrons. The standard InChI is InChI=1S/C16H19N2O/c1-2-4-14(5-3-1)15-6-8-16(9-7-15)19-18-12-10-17-11-13-18/h6-14H,1-5H2/q+1. The van der Waals surface area contributed by atoms with E-state index < -0.39 is 0 Å². The van der Waals surface area contributed by atoms with Gasteiger partial charge in [-0.15, -0.1) is 0 Å². The molecule has 3 heteroatoms. The Morgan fingerprint density at radius 3 is 2.32 bits per heavy atom. The minimum atomic E-state index is 0.747. The molecule has 3 nitrogen and oxygen atoms in total. The Bertz CT molecular complexity index is 504. The summed E-state index contributed by atoms with van der Waals surface area (Å²) in [6, 6.07) is 8.51. The number of hydrogen-bond acceptors (Lipinski definition) is 2. The summed E-state index contributed by atoms with van der Waals surface area (Å²) in [6.45, 7) is 0. The minimum Gasteiger partial charge on any atom is -0.252 e. The highest BCUT2D eigenvalue weighted by Crippen LogP contribution is 2.33. The molecule has 98 valence electrons. The van der Waals surface area contributed by atoms with E-state index in [1.54, 1.807) is 29.5 Å². The van der Waals surface area contributed by atoms with Gasteiger partial charge in [-0.25, -0.2) is 4.84 Å². The minimum absolute atomic E-state index is 0.747. The second kappa shape index (κ2) is 5.83. The zero-order chi connectivity index (χ0) is 12.9. The van der Waals surface area contributed by atoms with E-state index in [1.165, 1.54) is 37.7 Å². The Morgan fingerprint density at radius 1 is 0.947 bits per heavy atom. The Kier molecular flexibility index (Phi) is 3.73. The highest BCUT2D eigenvalue weighted by Gasteiger charge is 2.15. The molecule has 3 rings (SSSR count). The SMILES string of the molecule is c1c[n+](Oc2ccc(C3CCCCC3)cc2)ccn1. The number of rotatable bonds is 3. The lowest BCUT2D eigenvalue weighted by atomic mass is 9.84. The molecule has 1 aliphatic carbocycles. The molecular formula is C16H19N2O+. The van der Waals surface area contributed by atoms with Crippen LogP contribution in [0.25, 0.3) is 0 Å². The van der Waals surface area contributed by atoms with Crippen molar-refractivity contribution in [2.75, 3.05) is 0 Å². The molecular weight excluding hydrogens is 236 g/mol. The van der Waals surface area contributed by atoms with E-state index >= 15 is 0 Å². The van der Waals surface area contributed by atoms with Gasteiger partial charge < -0.3 is 0 Å². The van der Waals surface area contributed by atoms with Gasteiger partial charge >= 0.3 is 0 Å².